The van der Waals surface area contributed by atoms with E-state index in [9.17, 15) is 4.79 Å². The molecule has 0 saturated carbocycles. The second-order valence-electron chi connectivity index (χ2n) is 5.04. The molecular weight excluding hydrogens is 214 g/mol. The van der Waals surface area contributed by atoms with E-state index in [0.717, 1.165) is 5.69 Å². The number of nitrogens with one attached hydrogen (secondary N) is 2. The number of nitrogen functional groups attached to an aromatic ring is 1. The summed E-state index contributed by atoms with van der Waals surface area (Å²) < 4.78 is 0. The maximum Gasteiger partial charge on any atom is 0.253 e. The molecule has 0 aliphatic rings. The van der Waals surface area contributed by atoms with Crippen LogP contribution in [0.25, 0.3) is 0 Å². The van der Waals surface area contributed by atoms with Gasteiger partial charge >= 0.3 is 0 Å². The smallest absolute Gasteiger partial charge is 0.253 e. The summed E-state index contributed by atoms with van der Waals surface area (Å²) in [6, 6.07) is 5.32. The van der Waals surface area contributed by atoms with Gasteiger partial charge in [0.2, 0.25) is 0 Å². The van der Waals surface area contributed by atoms with E-state index >= 15 is 0 Å². The number of hydrogen-bond donors (Lipinski definition) is 3. The number of amides is 1. The molecule has 1 aromatic rings. The summed E-state index contributed by atoms with van der Waals surface area (Å²) in [4.78, 5) is 11.9. The van der Waals surface area contributed by atoms with Crippen molar-refractivity contribution in [3.05, 3.63) is 23.8 Å². The standard InChI is InChI=1S/C13H21N3O/c1-5-15-12(17)10-8-9(14)6-7-11(10)16-13(2,3)4/h6-8,16H,5,14H2,1-4H3,(H,15,17). The molecule has 0 bridgehead atoms. The topological polar surface area (TPSA) is 67.2 Å². The summed E-state index contributed by atoms with van der Waals surface area (Å²) >= 11 is 0. The van der Waals surface area contributed by atoms with Gasteiger partial charge in [0.05, 0.1) is 5.56 Å². The summed E-state index contributed by atoms with van der Waals surface area (Å²) in [5, 5.41) is 6.08. The molecule has 0 spiro atoms. The maximum absolute atomic E-state index is 11.9. The van der Waals surface area contributed by atoms with E-state index in [1.165, 1.54) is 0 Å². The lowest BCUT2D eigenvalue weighted by Gasteiger charge is -2.24. The first kappa shape index (κ1) is 13.4. The van der Waals surface area contributed by atoms with Crippen molar-refractivity contribution in [3.63, 3.8) is 0 Å². The average molecular weight is 235 g/mol. The number of rotatable bonds is 3. The first-order valence-electron chi connectivity index (χ1n) is 5.79. The number of hydrogen-bond acceptors (Lipinski definition) is 3. The second kappa shape index (κ2) is 5.08. The quantitative estimate of drug-likeness (QED) is 0.704. The van der Waals surface area contributed by atoms with Gasteiger partial charge in [-0.2, -0.15) is 0 Å². The molecule has 1 aromatic carbocycles. The van der Waals surface area contributed by atoms with Gasteiger partial charge in [-0.25, -0.2) is 0 Å². The fourth-order valence-electron chi connectivity index (χ4n) is 1.52. The Morgan fingerprint density at radius 2 is 2.00 bits per heavy atom. The largest absolute Gasteiger partial charge is 0.399 e. The molecule has 0 heterocycles. The van der Waals surface area contributed by atoms with Crippen molar-refractivity contribution >= 4 is 17.3 Å². The maximum atomic E-state index is 11.9. The minimum absolute atomic E-state index is 0.0998. The van der Waals surface area contributed by atoms with Crippen molar-refractivity contribution in [2.24, 2.45) is 0 Å². The first-order valence-corrected chi connectivity index (χ1v) is 5.79. The van der Waals surface area contributed by atoms with Crippen LogP contribution in [-0.2, 0) is 0 Å². The zero-order valence-electron chi connectivity index (χ0n) is 10.9. The Hall–Kier alpha value is -1.71. The molecule has 0 fully saturated rings. The van der Waals surface area contributed by atoms with E-state index in [-0.39, 0.29) is 11.4 Å². The summed E-state index contributed by atoms with van der Waals surface area (Å²) in [5.41, 5.74) is 7.59. The molecule has 4 N–H and O–H groups in total. The second-order valence-corrected chi connectivity index (χ2v) is 5.04. The van der Waals surface area contributed by atoms with Crippen molar-refractivity contribution in [1.82, 2.24) is 5.32 Å². The molecule has 4 heteroatoms. The predicted octanol–water partition coefficient (Wildman–Crippen LogP) is 2.23. The molecule has 0 aliphatic carbocycles. The highest BCUT2D eigenvalue weighted by atomic mass is 16.1. The lowest BCUT2D eigenvalue weighted by molar-refractivity contribution is 0.0956. The van der Waals surface area contributed by atoms with E-state index in [4.69, 9.17) is 5.73 Å². The van der Waals surface area contributed by atoms with Gasteiger partial charge in [0.15, 0.2) is 0 Å². The summed E-state index contributed by atoms with van der Waals surface area (Å²) in [7, 11) is 0. The van der Waals surface area contributed by atoms with Crippen LogP contribution in [-0.4, -0.2) is 18.0 Å². The Balaban J connectivity index is 3.08. The molecule has 94 valence electrons. The zero-order chi connectivity index (χ0) is 13.1. The lowest BCUT2D eigenvalue weighted by atomic mass is 10.1. The third-order valence-corrected chi connectivity index (χ3v) is 2.14. The van der Waals surface area contributed by atoms with Gasteiger partial charge in [-0.15, -0.1) is 0 Å². The lowest BCUT2D eigenvalue weighted by Crippen LogP contribution is -2.29. The number of anilines is 2. The van der Waals surface area contributed by atoms with Gasteiger partial charge in [0, 0.05) is 23.5 Å². The molecule has 17 heavy (non-hydrogen) atoms. The van der Waals surface area contributed by atoms with Crippen LogP contribution in [0.2, 0.25) is 0 Å². The van der Waals surface area contributed by atoms with Crippen LogP contribution in [0, 0.1) is 0 Å². The van der Waals surface area contributed by atoms with Crippen LogP contribution < -0.4 is 16.4 Å². The summed E-state index contributed by atoms with van der Waals surface area (Å²) in [5.74, 6) is -0.105. The van der Waals surface area contributed by atoms with Crippen LogP contribution >= 0.6 is 0 Å². The van der Waals surface area contributed by atoms with Crippen LogP contribution in [0.1, 0.15) is 38.1 Å². The van der Waals surface area contributed by atoms with Crippen LogP contribution in [0.5, 0.6) is 0 Å². The monoisotopic (exact) mass is 235 g/mol. The van der Waals surface area contributed by atoms with Crippen LogP contribution in [0.4, 0.5) is 11.4 Å². The molecular formula is C13H21N3O. The molecule has 1 amide bonds. The van der Waals surface area contributed by atoms with E-state index in [0.29, 0.717) is 17.8 Å². The van der Waals surface area contributed by atoms with Crippen molar-refractivity contribution in [1.29, 1.82) is 0 Å². The summed E-state index contributed by atoms with van der Waals surface area (Å²) in [6.45, 7) is 8.63. The number of benzene rings is 1. The average Bonchev–Trinajstić information content (AvgIpc) is 2.19. The molecule has 0 saturated heterocycles. The molecule has 1 rings (SSSR count). The fourth-order valence-corrected chi connectivity index (χ4v) is 1.52. The molecule has 0 radical (unpaired) electrons. The van der Waals surface area contributed by atoms with E-state index in [2.05, 4.69) is 10.6 Å². The van der Waals surface area contributed by atoms with E-state index < -0.39 is 0 Å². The predicted molar refractivity (Wildman–Crippen MR) is 72.2 cm³/mol. The minimum atomic E-state index is -0.105. The van der Waals surface area contributed by atoms with Gasteiger partial charge < -0.3 is 16.4 Å². The van der Waals surface area contributed by atoms with Gasteiger partial charge in [0.1, 0.15) is 0 Å². The van der Waals surface area contributed by atoms with Gasteiger partial charge in [-0.3, -0.25) is 4.79 Å². The van der Waals surface area contributed by atoms with Gasteiger partial charge in [-0.1, -0.05) is 0 Å². The Morgan fingerprint density at radius 1 is 1.35 bits per heavy atom. The third-order valence-electron chi connectivity index (χ3n) is 2.14. The zero-order valence-corrected chi connectivity index (χ0v) is 10.9. The molecule has 4 nitrogen and oxygen atoms in total. The van der Waals surface area contributed by atoms with Gasteiger partial charge in [0.25, 0.3) is 5.91 Å². The normalized spacial score (nSPS) is 11.1. The molecule has 0 aliphatic heterocycles. The fraction of sp³-hybridized carbons (Fsp3) is 0.462. The Labute approximate surface area is 103 Å². The minimum Gasteiger partial charge on any atom is -0.399 e. The number of carbonyl (C=O) groups is 1. The SMILES string of the molecule is CCNC(=O)c1cc(N)ccc1NC(C)(C)C. The van der Waals surface area contributed by atoms with E-state index in [1.54, 1.807) is 12.1 Å². The number of nitrogens with two attached hydrogens (primary N) is 1. The molecule has 0 aromatic heterocycles. The van der Waals surface area contributed by atoms with Crippen LogP contribution in [0.3, 0.4) is 0 Å². The first-order chi connectivity index (χ1) is 7.83. The third kappa shape index (κ3) is 3.98. The highest BCUT2D eigenvalue weighted by Gasteiger charge is 2.16. The highest BCUT2D eigenvalue weighted by Crippen LogP contribution is 2.22. The van der Waals surface area contributed by atoms with Crippen molar-refractivity contribution in [2.75, 3.05) is 17.6 Å². The Kier molecular flexibility index (Phi) is 3.99. The molecule has 0 unspecified atom stereocenters. The van der Waals surface area contributed by atoms with Crippen molar-refractivity contribution < 1.29 is 4.79 Å². The Morgan fingerprint density at radius 3 is 2.53 bits per heavy atom. The van der Waals surface area contributed by atoms with Crippen LogP contribution in [0.15, 0.2) is 18.2 Å². The Bertz CT molecular complexity index is 408. The molecule has 0 atom stereocenters. The highest BCUT2D eigenvalue weighted by molar-refractivity contribution is 6.00. The summed E-state index contributed by atoms with van der Waals surface area (Å²) in [6.07, 6.45) is 0. The van der Waals surface area contributed by atoms with Gasteiger partial charge in [-0.05, 0) is 45.9 Å². The van der Waals surface area contributed by atoms with Crippen molar-refractivity contribution in [2.45, 2.75) is 33.2 Å². The van der Waals surface area contributed by atoms with Crippen molar-refractivity contribution in [3.8, 4) is 0 Å². The number of carbonyl (C=O) groups excluding carboxylic acids is 1. The van der Waals surface area contributed by atoms with E-state index in [1.807, 2.05) is 33.8 Å².